The summed E-state index contributed by atoms with van der Waals surface area (Å²) < 4.78 is 1.57. The van der Waals surface area contributed by atoms with Gasteiger partial charge < -0.3 is 15.1 Å². The number of amides is 2. The Kier molecular flexibility index (Phi) is 8.57. The Labute approximate surface area is 245 Å². The van der Waals surface area contributed by atoms with Gasteiger partial charge in [-0.3, -0.25) is 14.6 Å². The summed E-state index contributed by atoms with van der Waals surface area (Å²) in [6.45, 7) is 4.35. The molecule has 5 aromatic rings. The molecule has 0 aliphatic rings. The van der Waals surface area contributed by atoms with Gasteiger partial charge in [0.05, 0.1) is 5.52 Å². The van der Waals surface area contributed by atoms with Gasteiger partial charge in [-0.1, -0.05) is 61.5 Å². The van der Waals surface area contributed by atoms with Gasteiger partial charge in [0, 0.05) is 44.4 Å². The van der Waals surface area contributed by atoms with Crippen molar-refractivity contribution in [1.29, 1.82) is 0 Å². The first-order valence-electron chi connectivity index (χ1n) is 13.9. The topological polar surface area (TPSA) is 96.2 Å². The van der Waals surface area contributed by atoms with E-state index in [1.165, 1.54) is 0 Å². The van der Waals surface area contributed by atoms with E-state index in [2.05, 4.69) is 34.5 Å². The predicted octanol–water partition coefficient (Wildman–Crippen LogP) is 5.42. The lowest BCUT2D eigenvalue weighted by Gasteiger charge is -2.32. The molecule has 0 saturated heterocycles. The van der Waals surface area contributed by atoms with Crippen molar-refractivity contribution in [3.63, 3.8) is 0 Å². The van der Waals surface area contributed by atoms with E-state index in [1.807, 2.05) is 104 Å². The molecule has 0 spiro atoms. The number of aromatic nitrogens is 4. The molecule has 0 aliphatic carbocycles. The number of carbonyl (C=O) groups is 2. The quantitative estimate of drug-likeness (QED) is 0.245. The molecule has 0 radical (unpaired) electrons. The smallest absolute Gasteiger partial charge is 0.251 e. The molecule has 9 nitrogen and oxygen atoms in total. The third kappa shape index (κ3) is 6.46. The molecule has 214 valence electrons. The highest BCUT2D eigenvalue weighted by atomic mass is 16.2. The van der Waals surface area contributed by atoms with Gasteiger partial charge >= 0.3 is 0 Å². The maximum absolute atomic E-state index is 14.2. The highest BCUT2D eigenvalue weighted by molar-refractivity contribution is 5.98. The van der Waals surface area contributed by atoms with Crippen molar-refractivity contribution in [2.45, 2.75) is 38.9 Å². The van der Waals surface area contributed by atoms with Crippen LogP contribution in [0.25, 0.3) is 11.0 Å². The van der Waals surface area contributed by atoms with Gasteiger partial charge in [0.25, 0.3) is 5.91 Å². The fourth-order valence-electron chi connectivity index (χ4n) is 4.85. The molecular formula is C33H35N7O2. The van der Waals surface area contributed by atoms with Crippen LogP contribution in [0.5, 0.6) is 0 Å². The summed E-state index contributed by atoms with van der Waals surface area (Å²) in [5.41, 5.74) is 5.77. The largest absolute Gasteiger partial charge is 0.378 e. The van der Waals surface area contributed by atoms with Crippen LogP contribution in [0.15, 0.2) is 97.3 Å². The molecule has 0 fully saturated rings. The summed E-state index contributed by atoms with van der Waals surface area (Å²) in [6.07, 6.45) is 3.39. The highest BCUT2D eigenvalue weighted by Gasteiger charge is 2.32. The maximum Gasteiger partial charge on any atom is 0.251 e. The highest BCUT2D eigenvalue weighted by Crippen LogP contribution is 2.28. The Morgan fingerprint density at radius 1 is 0.881 bits per heavy atom. The minimum absolute atomic E-state index is 0.0772. The SMILES string of the molecule is CC(C)c1ccc([C@@H](C(=O)Nc2ccc(N(C)C)cc2)N(Cc2cccnc2)C(=O)Cn2nnc3ccccc32)cc1. The summed E-state index contributed by atoms with van der Waals surface area (Å²) >= 11 is 0. The summed E-state index contributed by atoms with van der Waals surface area (Å²) in [5, 5.41) is 11.5. The first kappa shape index (κ1) is 28.5. The number of hydrogen-bond acceptors (Lipinski definition) is 6. The zero-order valence-electron chi connectivity index (χ0n) is 24.3. The van der Waals surface area contributed by atoms with Crippen molar-refractivity contribution in [2.75, 3.05) is 24.3 Å². The van der Waals surface area contributed by atoms with E-state index in [-0.39, 0.29) is 24.9 Å². The van der Waals surface area contributed by atoms with E-state index in [4.69, 9.17) is 0 Å². The van der Waals surface area contributed by atoms with Gasteiger partial charge in [0.1, 0.15) is 18.1 Å². The summed E-state index contributed by atoms with van der Waals surface area (Å²) in [4.78, 5) is 36.1. The van der Waals surface area contributed by atoms with E-state index < -0.39 is 6.04 Å². The van der Waals surface area contributed by atoms with Crippen LogP contribution in [0, 0.1) is 0 Å². The number of pyridine rings is 1. The predicted molar refractivity (Wildman–Crippen MR) is 165 cm³/mol. The van der Waals surface area contributed by atoms with Crippen molar-refractivity contribution in [2.24, 2.45) is 0 Å². The summed E-state index contributed by atoms with van der Waals surface area (Å²) in [7, 11) is 3.93. The summed E-state index contributed by atoms with van der Waals surface area (Å²) in [5.74, 6) is -0.258. The molecule has 0 saturated carbocycles. The van der Waals surface area contributed by atoms with E-state index in [9.17, 15) is 9.59 Å². The van der Waals surface area contributed by atoms with E-state index in [0.29, 0.717) is 22.7 Å². The molecule has 42 heavy (non-hydrogen) atoms. The Balaban J connectivity index is 1.54. The molecule has 1 N–H and O–H groups in total. The number of anilines is 2. The first-order chi connectivity index (χ1) is 20.3. The zero-order chi connectivity index (χ0) is 29.6. The average molecular weight is 562 g/mol. The Morgan fingerprint density at radius 3 is 2.26 bits per heavy atom. The average Bonchev–Trinajstić information content (AvgIpc) is 3.40. The number of para-hydroxylation sites is 1. The van der Waals surface area contributed by atoms with Crippen LogP contribution >= 0.6 is 0 Å². The molecule has 0 aliphatic heterocycles. The van der Waals surface area contributed by atoms with Crippen LogP contribution in [0.1, 0.15) is 42.5 Å². The van der Waals surface area contributed by atoms with Gasteiger partial charge in [-0.25, -0.2) is 4.68 Å². The van der Waals surface area contributed by atoms with E-state index in [1.54, 1.807) is 22.0 Å². The Hall–Kier alpha value is -5.05. The lowest BCUT2D eigenvalue weighted by Crippen LogP contribution is -2.42. The van der Waals surface area contributed by atoms with Gasteiger partial charge in [0.15, 0.2) is 0 Å². The van der Waals surface area contributed by atoms with Crippen LogP contribution in [-0.4, -0.2) is 50.8 Å². The molecule has 2 amide bonds. The number of hydrogen-bond donors (Lipinski definition) is 1. The van der Waals surface area contributed by atoms with Gasteiger partial charge in [-0.05, 0) is 65.1 Å². The van der Waals surface area contributed by atoms with Crippen molar-refractivity contribution < 1.29 is 9.59 Å². The second kappa shape index (κ2) is 12.6. The van der Waals surface area contributed by atoms with E-state index in [0.717, 1.165) is 22.3 Å². The monoisotopic (exact) mass is 561 g/mol. The fourth-order valence-corrected chi connectivity index (χ4v) is 4.85. The molecular weight excluding hydrogens is 526 g/mol. The second-order valence-corrected chi connectivity index (χ2v) is 10.8. The van der Waals surface area contributed by atoms with Crippen LogP contribution in [0.2, 0.25) is 0 Å². The van der Waals surface area contributed by atoms with Crippen molar-refractivity contribution >= 4 is 34.2 Å². The molecule has 0 unspecified atom stereocenters. The third-order valence-corrected chi connectivity index (χ3v) is 7.23. The molecule has 5 rings (SSSR count). The van der Waals surface area contributed by atoms with E-state index >= 15 is 0 Å². The minimum atomic E-state index is -0.915. The fraction of sp³-hybridized carbons (Fsp3) is 0.242. The molecule has 2 aromatic heterocycles. The Bertz CT molecular complexity index is 1650. The Morgan fingerprint density at radius 2 is 1.60 bits per heavy atom. The van der Waals surface area contributed by atoms with Crippen molar-refractivity contribution in [3.8, 4) is 0 Å². The van der Waals surface area contributed by atoms with Gasteiger partial charge in [-0.2, -0.15) is 0 Å². The first-order valence-corrected chi connectivity index (χ1v) is 13.9. The van der Waals surface area contributed by atoms with Gasteiger partial charge in [0.2, 0.25) is 5.91 Å². The maximum atomic E-state index is 14.2. The number of carbonyl (C=O) groups excluding carboxylic acids is 2. The molecule has 1 atom stereocenters. The lowest BCUT2D eigenvalue weighted by atomic mass is 9.97. The molecule has 0 bridgehead atoms. The van der Waals surface area contributed by atoms with Crippen LogP contribution in [0.4, 0.5) is 11.4 Å². The third-order valence-electron chi connectivity index (χ3n) is 7.23. The van der Waals surface area contributed by atoms with Gasteiger partial charge in [-0.15, -0.1) is 5.10 Å². The molecule has 9 heteroatoms. The lowest BCUT2D eigenvalue weighted by molar-refractivity contribution is -0.140. The number of nitrogens with zero attached hydrogens (tertiary/aromatic N) is 6. The number of fused-ring (bicyclic) bond motifs is 1. The zero-order valence-corrected chi connectivity index (χ0v) is 24.3. The number of rotatable bonds is 10. The minimum Gasteiger partial charge on any atom is -0.378 e. The number of nitrogens with one attached hydrogen (secondary N) is 1. The standard InChI is InChI=1S/C33H35N7O2/c1-23(2)25-11-13-26(14-12-25)32(33(42)35-27-15-17-28(18-16-27)38(3)4)39(21-24-8-7-19-34-20-24)31(41)22-40-30-10-6-5-9-29(30)36-37-40/h5-20,23,32H,21-22H2,1-4H3,(H,35,42)/t32-/m0/s1. The molecule has 3 aromatic carbocycles. The van der Waals surface area contributed by atoms with Crippen molar-refractivity contribution in [3.05, 3.63) is 114 Å². The van der Waals surface area contributed by atoms with Crippen LogP contribution in [0.3, 0.4) is 0 Å². The molecule has 2 heterocycles. The van der Waals surface area contributed by atoms with Crippen LogP contribution < -0.4 is 10.2 Å². The number of benzene rings is 3. The van der Waals surface area contributed by atoms with Crippen molar-refractivity contribution in [1.82, 2.24) is 24.9 Å². The second-order valence-electron chi connectivity index (χ2n) is 10.8. The van der Waals surface area contributed by atoms with Crippen LogP contribution in [-0.2, 0) is 22.7 Å². The summed E-state index contributed by atoms with van der Waals surface area (Å²) in [6, 6.07) is 25.8. The normalized spacial score (nSPS) is 11.8.